The zero-order valence-electron chi connectivity index (χ0n) is 17.1. The van der Waals surface area contributed by atoms with Gasteiger partial charge in [-0.05, 0) is 48.7 Å². The zero-order chi connectivity index (χ0) is 22.2. The number of hydrogen-bond acceptors (Lipinski definition) is 6. The number of rotatable bonds is 10. The molecule has 0 saturated heterocycles. The Labute approximate surface area is 179 Å². The van der Waals surface area contributed by atoms with Crippen molar-refractivity contribution in [1.82, 2.24) is 10.6 Å². The number of fused-ring (bicyclic) bond motifs is 1. The number of nitrogens with one attached hydrogen (secondary N) is 3. The molecule has 0 aromatic heterocycles. The Morgan fingerprint density at radius 2 is 1.94 bits per heavy atom. The summed E-state index contributed by atoms with van der Waals surface area (Å²) in [5.74, 6) is -0.331. The van der Waals surface area contributed by atoms with E-state index in [1.165, 1.54) is 7.11 Å². The maximum atomic E-state index is 12.5. The molecule has 9 nitrogen and oxygen atoms in total. The van der Waals surface area contributed by atoms with Gasteiger partial charge in [-0.25, -0.2) is 0 Å². The molecular weight excluding hydrogens is 402 g/mol. The van der Waals surface area contributed by atoms with Crippen molar-refractivity contribution in [1.29, 1.82) is 0 Å². The van der Waals surface area contributed by atoms with Crippen LogP contribution in [0, 0.1) is 0 Å². The minimum Gasteiger partial charge on any atom is -0.497 e. The smallest absolute Gasteiger partial charge is 0.303 e. The van der Waals surface area contributed by atoms with Crippen LogP contribution in [0.25, 0.3) is 0 Å². The summed E-state index contributed by atoms with van der Waals surface area (Å²) in [4.78, 5) is 35.4. The third-order valence-corrected chi connectivity index (χ3v) is 4.73. The van der Waals surface area contributed by atoms with E-state index in [4.69, 9.17) is 14.6 Å². The highest BCUT2D eigenvalue weighted by Gasteiger charge is 2.28. The SMILES string of the molecule is COc1ccc2c(c1)C(=O)NC(C(=O)NCc1cccc(OCCCCC(=O)O)c1)N2. The first kappa shape index (κ1) is 21.9. The lowest BCUT2D eigenvalue weighted by molar-refractivity contribution is -0.137. The van der Waals surface area contributed by atoms with Crippen LogP contribution in [0.1, 0.15) is 35.2 Å². The van der Waals surface area contributed by atoms with Crippen LogP contribution in [0.3, 0.4) is 0 Å². The highest BCUT2D eigenvalue weighted by atomic mass is 16.5. The lowest BCUT2D eigenvalue weighted by Gasteiger charge is -2.27. The van der Waals surface area contributed by atoms with E-state index in [9.17, 15) is 14.4 Å². The van der Waals surface area contributed by atoms with Crippen molar-refractivity contribution in [3.8, 4) is 11.5 Å². The Kier molecular flexibility index (Phi) is 7.31. The number of carboxylic acids is 1. The van der Waals surface area contributed by atoms with E-state index in [1.54, 1.807) is 24.3 Å². The molecule has 4 N–H and O–H groups in total. The molecule has 1 aliphatic heterocycles. The van der Waals surface area contributed by atoms with Gasteiger partial charge in [-0.3, -0.25) is 14.4 Å². The third kappa shape index (κ3) is 6.11. The third-order valence-electron chi connectivity index (χ3n) is 4.73. The van der Waals surface area contributed by atoms with Crippen molar-refractivity contribution in [3.63, 3.8) is 0 Å². The molecule has 0 aliphatic carbocycles. The first-order chi connectivity index (χ1) is 15.0. The Bertz CT molecular complexity index is 962. The summed E-state index contributed by atoms with van der Waals surface area (Å²) in [6, 6.07) is 12.3. The van der Waals surface area contributed by atoms with Gasteiger partial charge >= 0.3 is 5.97 Å². The zero-order valence-corrected chi connectivity index (χ0v) is 17.1. The molecule has 0 bridgehead atoms. The predicted octanol–water partition coefficient (Wildman–Crippen LogP) is 2.13. The lowest BCUT2D eigenvalue weighted by atomic mass is 10.1. The number of carboxylic acid groups (broad SMARTS) is 1. The van der Waals surface area contributed by atoms with E-state index in [2.05, 4.69) is 16.0 Å². The number of amides is 2. The van der Waals surface area contributed by atoms with Gasteiger partial charge < -0.3 is 30.5 Å². The summed E-state index contributed by atoms with van der Waals surface area (Å²) in [6.07, 6.45) is 0.440. The summed E-state index contributed by atoms with van der Waals surface area (Å²) < 4.78 is 10.8. The number of ether oxygens (including phenoxy) is 2. The molecule has 0 radical (unpaired) electrons. The molecule has 1 heterocycles. The molecule has 0 spiro atoms. The minimum absolute atomic E-state index is 0.124. The van der Waals surface area contributed by atoms with Crippen LogP contribution in [0.5, 0.6) is 11.5 Å². The molecule has 1 aliphatic rings. The van der Waals surface area contributed by atoms with Gasteiger partial charge in [0.25, 0.3) is 11.8 Å². The summed E-state index contributed by atoms with van der Waals surface area (Å²) in [5, 5.41) is 17.1. The largest absolute Gasteiger partial charge is 0.497 e. The molecule has 31 heavy (non-hydrogen) atoms. The average molecular weight is 427 g/mol. The molecule has 9 heteroatoms. The van der Waals surface area contributed by atoms with Crippen LogP contribution in [0.4, 0.5) is 5.69 Å². The Morgan fingerprint density at radius 3 is 2.71 bits per heavy atom. The van der Waals surface area contributed by atoms with Gasteiger partial charge in [0, 0.05) is 18.7 Å². The topological polar surface area (TPSA) is 126 Å². The number of benzene rings is 2. The second-order valence-corrected chi connectivity index (χ2v) is 7.03. The number of unbranched alkanes of at least 4 members (excludes halogenated alkanes) is 1. The standard InChI is InChI=1S/C22H25N3O6/c1-30-15-8-9-18-17(12-15)21(28)25-20(24-18)22(29)23-13-14-5-4-6-16(11-14)31-10-3-2-7-19(26)27/h4-6,8-9,11-12,20,24H,2-3,7,10,13H2,1H3,(H,23,29)(H,25,28)(H,26,27). The van der Waals surface area contributed by atoms with Gasteiger partial charge in [-0.1, -0.05) is 12.1 Å². The number of methoxy groups -OCH3 is 1. The van der Waals surface area contributed by atoms with Crippen molar-refractivity contribution in [3.05, 3.63) is 53.6 Å². The maximum absolute atomic E-state index is 12.5. The van der Waals surface area contributed by atoms with Crippen molar-refractivity contribution >= 4 is 23.5 Å². The van der Waals surface area contributed by atoms with Crippen molar-refractivity contribution in [2.24, 2.45) is 0 Å². The molecule has 2 aromatic rings. The average Bonchev–Trinajstić information content (AvgIpc) is 2.77. The lowest BCUT2D eigenvalue weighted by Crippen LogP contribution is -2.53. The van der Waals surface area contributed by atoms with E-state index in [0.717, 1.165) is 5.56 Å². The van der Waals surface area contributed by atoms with Gasteiger partial charge in [0.15, 0.2) is 6.17 Å². The maximum Gasteiger partial charge on any atom is 0.303 e. The molecular formula is C22H25N3O6. The summed E-state index contributed by atoms with van der Waals surface area (Å²) in [5.41, 5.74) is 1.81. The van der Waals surface area contributed by atoms with Crippen molar-refractivity contribution in [2.45, 2.75) is 32.0 Å². The van der Waals surface area contributed by atoms with E-state index in [-0.39, 0.29) is 24.8 Å². The number of hydrogen-bond donors (Lipinski definition) is 4. The van der Waals surface area contributed by atoms with Crippen LogP contribution >= 0.6 is 0 Å². The van der Waals surface area contributed by atoms with Crippen LogP contribution < -0.4 is 25.4 Å². The highest BCUT2D eigenvalue weighted by Crippen LogP contribution is 2.25. The van der Waals surface area contributed by atoms with Crippen molar-refractivity contribution < 1.29 is 29.0 Å². The summed E-state index contributed by atoms with van der Waals surface area (Å²) in [7, 11) is 1.52. The number of aliphatic carboxylic acids is 1. The normalized spacial score (nSPS) is 14.6. The molecule has 164 valence electrons. The fraction of sp³-hybridized carbons (Fsp3) is 0.318. The van der Waals surface area contributed by atoms with Gasteiger partial charge in [-0.2, -0.15) is 0 Å². The molecule has 2 amide bonds. The summed E-state index contributed by atoms with van der Waals surface area (Å²) in [6.45, 7) is 0.684. The molecule has 1 atom stereocenters. The minimum atomic E-state index is -0.887. The quantitative estimate of drug-likeness (QED) is 0.428. The first-order valence-corrected chi connectivity index (χ1v) is 9.93. The fourth-order valence-electron chi connectivity index (χ4n) is 3.10. The van der Waals surface area contributed by atoms with Crippen LogP contribution in [0.2, 0.25) is 0 Å². The molecule has 0 fully saturated rings. The van der Waals surface area contributed by atoms with Crippen LogP contribution in [-0.2, 0) is 16.1 Å². The number of anilines is 1. The van der Waals surface area contributed by atoms with Gasteiger partial charge in [-0.15, -0.1) is 0 Å². The van der Waals surface area contributed by atoms with E-state index in [0.29, 0.717) is 42.2 Å². The second-order valence-electron chi connectivity index (χ2n) is 7.03. The highest BCUT2D eigenvalue weighted by molar-refractivity contribution is 6.05. The van der Waals surface area contributed by atoms with Crippen LogP contribution in [-0.4, -0.2) is 42.8 Å². The van der Waals surface area contributed by atoms with Crippen LogP contribution in [0.15, 0.2) is 42.5 Å². The van der Waals surface area contributed by atoms with E-state index >= 15 is 0 Å². The number of carbonyl (C=O) groups excluding carboxylic acids is 2. The Hall–Kier alpha value is -3.75. The molecule has 0 saturated carbocycles. The Balaban J connectivity index is 1.50. The monoisotopic (exact) mass is 427 g/mol. The van der Waals surface area contributed by atoms with Gasteiger partial charge in [0.2, 0.25) is 0 Å². The number of carbonyl (C=O) groups is 3. The predicted molar refractivity (Wildman–Crippen MR) is 113 cm³/mol. The van der Waals surface area contributed by atoms with E-state index < -0.39 is 12.1 Å². The molecule has 2 aromatic carbocycles. The summed E-state index contributed by atoms with van der Waals surface area (Å²) >= 11 is 0. The molecule has 1 unspecified atom stereocenters. The van der Waals surface area contributed by atoms with E-state index in [1.807, 2.05) is 18.2 Å². The Morgan fingerprint density at radius 1 is 1.10 bits per heavy atom. The molecule has 3 rings (SSSR count). The van der Waals surface area contributed by atoms with Gasteiger partial charge in [0.05, 0.1) is 19.3 Å². The first-order valence-electron chi connectivity index (χ1n) is 9.93. The van der Waals surface area contributed by atoms with Gasteiger partial charge in [0.1, 0.15) is 11.5 Å². The fourth-order valence-corrected chi connectivity index (χ4v) is 3.10. The van der Waals surface area contributed by atoms with Crippen molar-refractivity contribution in [2.75, 3.05) is 19.0 Å². The second kappa shape index (κ2) is 10.3.